The van der Waals surface area contributed by atoms with Crippen LogP contribution in [-0.2, 0) is 11.4 Å². The SMILES string of the molecule is Cc1cccc(NC(=O)/C(C#N)=C\c2ccc(OCc3ccc(Cl)c(Cl)c3)c(Br)c2)c1. The Morgan fingerprint density at radius 1 is 1.13 bits per heavy atom. The van der Waals surface area contributed by atoms with Crippen molar-refractivity contribution in [3.05, 3.63) is 97.4 Å². The van der Waals surface area contributed by atoms with E-state index in [0.29, 0.717) is 38.1 Å². The van der Waals surface area contributed by atoms with E-state index in [-0.39, 0.29) is 5.57 Å². The van der Waals surface area contributed by atoms with Crippen LogP contribution in [0.1, 0.15) is 16.7 Å². The third-order valence-corrected chi connectivity index (χ3v) is 5.65. The number of hydrogen-bond donors (Lipinski definition) is 1. The summed E-state index contributed by atoms with van der Waals surface area (Å²) in [5.74, 6) is 0.148. The van der Waals surface area contributed by atoms with Crippen molar-refractivity contribution in [1.29, 1.82) is 5.26 Å². The van der Waals surface area contributed by atoms with E-state index in [1.54, 1.807) is 36.4 Å². The number of ether oxygens (including phenoxy) is 1. The minimum Gasteiger partial charge on any atom is -0.488 e. The molecule has 3 rings (SSSR count). The second kappa shape index (κ2) is 10.5. The molecule has 0 aliphatic heterocycles. The Labute approximate surface area is 199 Å². The van der Waals surface area contributed by atoms with Gasteiger partial charge in [0.25, 0.3) is 5.91 Å². The number of nitrogens with one attached hydrogen (secondary N) is 1. The van der Waals surface area contributed by atoms with Crippen LogP contribution in [0.15, 0.2) is 70.7 Å². The third kappa shape index (κ3) is 6.35. The molecule has 0 saturated heterocycles. The molecule has 1 amide bonds. The Morgan fingerprint density at radius 3 is 2.61 bits per heavy atom. The molecule has 4 nitrogen and oxygen atoms in total. The number of halogens is 3. The average Bonchev–Trinajstić information content (AvgIpc) is 2.73. The van der Waals surface area contributed by atoms with Gasteiger partial charge in [0.1, 0.15) is 24.0 Å². The highest BCUT2D eigenvalue weighted by Crippen LogP contribution is 2.29. The van der Waals surface area contributed by atoms with E-state index in [1.165, 1.54) is 6.08 Å². The average molecular weight is 516 g/mol. The molecule has 0 heterocycles. The standard InChI is InChI=1S/C24H17BrCl2N2O2/c1-15-3-2-4-19(9-15)29-24(30)18(13-28)10-16-6-8-23(20(25)11-16)31-14-17-5-7-21(26)22(27)12-17/h2-12H,14H2,1H3,(H,29,30)/b18-10-. The van der Waals surface area contributed by atoms with Crippen molar-refractivity contribution in [2.75, 3.05) is 5.32 Å². The van der Waals surface area contributed by atoms with Gasteiger partial charge in [-0.2, -0.15) is 5.26 Å². The molecule has 1 N–H and O–H groups in total. The second-order valence-corrected chi connectivity index (χ2v) is 8.39. The molecule has 0 aliphatic carbocycles. The summed E-state index contributed by atoms with van der Waals surface area (Å²) in [5, 5.41) is 13.1. The molecule has 31 heavy (non-hydrogen) atoms. The van der Waals surface area contributed by atoms with Crippen molar-refractivity contribution >= 4 is 56.8 Å². The first kappa shape index (κ1) is 22.9. The lowest BCUT2D eigenvalue weighted by atomic mass is 10.1. The molecule has 0 radical (unpaired) electrons. The molecule has 0 aliphatic rings. The van der Waals surface area contributed by atoms with Crippen LogP contribution in [0.25, 0.3) is 6.08 Å². The van der Waals surface area contributed by atoms with Crippen LogP contribution in [0.4, 0.5) is 5.69 Å². The molecule has 0 fully saturated rings. The van der Waals surface area contributed by atoms with Crippen LogP contribution >= 0.6 is 39.1 Å². The molecule has 0 atom stereocenters. The highest BCUT2D eigenvalue weighted by molar-refractivity contribution is 9.10. The van der Waals surface area contributed by atoms with Gasteiger partial charge in [0.05, 0.1) is 14.5 Å². The number of anilines is 1. The predicted octanol–water partition coefficient (Wildman–Crippen LogP) is 7.19. The van der Waals surface area contributed by atoms with Crippen LogP contribution < -0.4 is 10.1 Å². The number of amides is 1. The highest BCUT2D eigenvalue weighted by atomic mass is 79.9. The van der Waals surface area contributed by atoms with Gasteiger partial charge >= 0.3 is 0 Å². The van der Waals surface area contributed by atoms with E-state index >= 15 is 0 Å². The lowest BCUT2D eigenvalue weighted by Crippen LogP contribution is -2.13. The van der Waals surface area contributed by atoms with E-state index in [1.807, 2.05) is 37.3 Å². The van der Waals surface area contributed by atoms with Gasteiger partial charge < -0.3 is 10.1 Å². The molecular formula is C24H17BrCl2N2O2. The maximum atomic E-state index is 12.5. The Bertz CT molecular complexity index is 1200. The fourth-order valence-electron chi connectivity index (χ4n) is 2.75. The number of rotatable bonds is 6. The van der Waals surface area contributed by atoms with Gasteiger partial charge in [0, 0.05) is 5.69 Å². The van der Waals surface area contributed by atoms with Crippen molar-refractivity contribution in [3.63, 3.8) is 0 Å². The summed E-state index contributed by atoms with van der Waals surface area (Å²) in [6.45, 7) is 2.24. The van der Waals surface area contributed by atoms with Gasteiger partial charge in [-0.1, -0.05) is 47.5 Å². The number of nitrogens with zero attached hydrogens (tertiary/aromatic N) is 1. The van der Waals surface area contributed by atoms with E-state index in [4.69, 9.17) is 27.9 Å². The maximum Gasteiger partial charge on any atom is 0.266 e. The largest absolute Gasteiger partial charge is 0.488 e. The highest BCUT2D eigenvalue weighted by Gasteiger charge is 2.11. The molecule has 0 saturated carbocycles. The second-order valence-electron chi connectivity index (χ2n) is 6.72. The summed E-state index contributed by atoms with van der Waals surface area (Å²) >= 11 is 15.4. The fraction of sp³-hybridized carbons (Fsp3) is 0.0833. The summed E-state index contributed by atoms with van der Waals surface area (Å²) < 4.78 is 6.52. The first-order chi connectivity index (χ1) is 14.9. The fourth-order valence-corrected chi connectivity index (χ4v) is 3.58. The topological polar surface area (TPSA) is 62.1 Å². The van der Waals surface area contributed by atoms with Crippen molar-refractivity contribution < 1.29 is 9.53 Å². The lowest BCUT2D eigenvalue weighted by Gasteiger charge is -2.10. The third-order valence-electron chi connectivity index (χ3n) is 4.29. The van der Waals surface area contributed by atoms with Gasteiger partial charge in [-0.3, -0.25) is 4.79 Å². The Kier molecular flexibility index (Phi) is 7.75. The Morgan fingerprint density at radius 2 is 1.94 bits per heavy atom. The van der Waals surface area contributed by atoms with Gasteiger partial charge in [0.2, 0.25) is 0 Å². The number of carbonyl (C=O) groups is 1. The first-order valence-electron chi connectivity index (χ1n) is 9.22. The number of benzene rings is 3. The molecule has 0 unspecified atom stereocenters. The summed E-state index contributed by atoms with van der Waals surface area (Å²) in [6, 6.07) is 20.0. The van der Waals surface area contributed by atoms with Crippen LogP contribution in [0.5, 0.6) is 5.75 Å². The van der Waals surface area contributed by atoms with Gasteiger partial charge in [-0.05, 0) is 82.0 Å². The number of carbonyl (C=O) groups excluding carboxylic acids is 1. The number of aryl methyl sites for hydroxylation is 1. The molecule has 0 spiro atoms. The Balaban J connectivity index is 1.71. The predicted molar refractivity (Wildman–Crippen MR) is 128 cm³/mol. The molecule has 0 bridgehead atoms. The smallest absolute Gasteiger partial charge is 0.266 e. The normalized spacial score (nSPS) is 11.0. The van der Waals surface area contributed by atoms with Crippen LogP contribution in [0, 0.1) is 18.3 Å². The first-order valence-corrected chi connectivity index (χ1v) is 10.8. The summed E-state index contributed by atoms with van der Waals surface area (Å²) in [7, 11) is 0. The van der Waals surface area contributed by atoms with Crippen LogP contribution in [0.2, 0.25) is 10.0 Å². The van der Waals surface area contributed by atoms with Gasteiger partial charge in [0.15, 0.2) is 0 Å². The molecule has 3 aromatic carbocycles. The minimum absolute atomic E-state index is 0.00196. The zero-order chi connectivity index (χ0) is 22.4. The molecule has 156 valence electrons. The summed E-state index contributed by atoms with van der Waals surface area (Å²) in [6.07, 6.45) is 1.53. The molecule has 7 heteroatoms. The maximum absolute atomic E-state index is 12.5. The zero-order valence-corrected chi connectivity index (χ0v) is 19.6. The van der Waals surface area contributed by atoms with Crippen LogP contribution in [-0.4, -0.2) is 5.91 Å². The molecule has 0 aromatic heterocycles. The van der Waals surface area contributed by atoms with Crippen molar-refractivity contribution in [2.45, 2.75) is 13.5 Å². The molecular weight excluding hydrogens is 499 g/mol. The number of nitriles is 1. The Hall–Kier alpha value is -2.78. The van der Waals surface area contributed by atoms with Crippen molar-refractivity contribution in [2.24, 2.45) is 0 Å². The number of hydrogen-bond acceptors (Lipinski definition) is 3. The monoisotopic (exact) mass is 514 g/mol. The lowest BCUT2D eigenvalue weighted by molar-refractivity contribution is -0.112. The molecule has 3 aromatic rings. The van der Waals surface area contributed by atoms with E-state index in [9.17, 15) is 10.1 Å². The minimum atomic E-state index is -0.468. The van der Waals surface area contributed by atoms with E-state index < -0.39 is 5.91 Å². The zero-order valence-electron chi connectivity index (χ0n) is 16.5. The van der Waals surface area contributed by atoms with Crippen LogP contribution in [0.3, 0.4) is 0 Å². The quantitative estimate of drug-likeness (QED) is 0.279. The van der Waals surface area contributed by atoms with Gasteiger partial charge in [-0.25, -0.2) is 0 Å². The summed E-state index contributed by atoms with van der Waals surface area (Å²) in [5.41, 5.74) is 3.21. The van der Waals surface area contributed by atoms with E-state index in [0.717, 1.165) is 11.1 Å². The summed E-state index contributed by atoms with van der Waals surface area (Å²) in [4.78, 5) is 12.5. The van der Waals surface area contributed by atoms with Gasteiger partial charge in [-0.15, -0.1) is 0 Å². The van der Waals surface area contributed by atoms with Crippen molar-refractivity contribution in [3.8, 4) is 11.8 Å². The van der Waals surface area contributed by atoms with E-state index in [2.05, 4.69) is 21.2 Å². The van der Waals surface area contributed by atoms with Crippen molar-refractivity contribution in [1.82, 2.24) is 0 Å².